The van der Waals surface area contributed by atoms with Gasteiger partial charge in [0.2, 0.25) is 0 Å². The number of anilines is 1. The van der Waals surface area contributed by atoms with E-state index >= 15 is 0 Å². The third kappa shape index (κ3) is 0.957. The summed E-state index contributed by atoms with van der Waals surface area (Å²) in [6, 6.07) is 3.44. The van der Waals surface area contributed by atoms with Crippen molar-refractivity contribution in [3.8, 4) is 0 Å². The van der Waals surface area contributed by atoms with Gasteiger partial charge in [-0.1, -0.05) is 5.22 Å². The van der Waals surface area contributed by atoms with Gasteiger partial charge in [-0.25, -0.2) is 0 Å². The monoisotopic (exact) mass is 134 g/mol. The molecule has 1 aromatic rings. The molecule has 0 heterocycles. The molecule has 0 aromatic heterocycles. The van der Waals surface area contributed by atoms with Crippen molar-refractivity contribution in [1.29, 1.82) is 0 Å². The molecular weight excluding hydrogens is 124 g/mol. The molecule has 0 atom stereocenters. The highest BCUT2D eigenvalue weighted by Gasteiger charge is 1.82. The minimum absolute atomic E-state index is 0.616. The Balaban J connectivity index is 3.76. The predicted octanol–water partition coefficient (Wildman–Crippen LogP) is -2.53. The van der Waals surface area contributed by atoms with Crippen LogP contribution in [0, 0.1) is 0 Å². The molecule has 2 heteroatoms. The Morgan fingerprint density at radius 2 is 2.00 bits per heavy atom. The molecule has 0 saturated heterocycles. The Bertz CT molecular complexity index is 387. The minimum Gasteiger partial charge on any atom is -0.429 e. The number of benzene rings is 1. The Hall–Kier alpha value is -1.44. The predicted molar refractivity (Wildman–Crippen MR) is 41.8 cm³/mol. The summed E-state index contributed by atoms with van der Waals surface area (Å²) in [5, 5.41) is 7.69. The first-order valence-electron chi connectivity index (χ1n) is 2.94. The van der Waals surface area contributed by atoms with Crippen LogP contribution >= 0.6 is 0 Å². The number of nitrogens with two attached hydrogens (primary N) is 2. The summed E-state index contributed by atoms with van der Waals surface area (Å²) in [6.45, 7) is 7.40. The van der Waals surface area contributed by atoms with Gasteiger partial charge in [-0.05, 0) is 11.8 Å². The second-order valence-electron chi connectivity index (χ2n) is 2.25. The molecule has 4 N–H and O–H groups in total. The summed E-state index contributed by atoms with van der Waals surface area (Å²) in [7, 11) is 0. The van der Waals surface area contributed by atoms with Crippen LogP contribution in [-0.2, 0) is 0 Å². The summed E-state index contributed by atoms with van der Waals surface area (Å²) >= 11 is 0. The van der Waals surface area contributed by atoms with Gasteiger partial charge in [0.05, 0.1) is 0 Å². The molecule has 0 spiro atoms. The number of rotatable bonds is 0. The smallest absolute Gasteiger partial charge is 0.134 e. The molecule has 1 rings (SSSR count). The maximum absolute atomic E-state index is 5.52. The second-order valence-corrected chi connectivity index (χ2v) is 2.25. The molecule has 0 fully saturated rings. The van der Waals surface area contributed by atoms with Crippen LogP contribution in [-0.4, -0.2) is 0 Å². The fourth-order valence-corrected chi connectivity index (χ4v) is 0.730. The van der Waals surface area contributed by atoms with Crippen LogP contribution in [0.15, 0.2) is 12.1 Å². The average molecular weight is 134 g/mol. The lowest BCUT2D eigenvalue weighted by molar-refractivity contribution is -0.173. The van der Waals surface area contributed by atoms with E-state index in [9.17, 15) is 0 Å². The molecule has 0 aliphatic heterocycles. The maximum atomic E-state index is 5.52. The highest BCUT2D eigenvalue weighted by Crippen LogP contribution is 1.77. The first-order chi connectivity index (χ1) is 4.61. The molecule has 0 bridgehead atoms. The molecule has 0 radical (unpaired) electrons. The number of nitrogen functional groups attached to an aromatic ring is 1. The van der Waals surface area contributed by atoms with Gasteiger partial charge in [0, 0.05) is 0 Å². The zero-order valence-corrected chi connectivity index (χ0v) is 5.72. The summed E-state index contributed by atoms with van der Waals surface area (Å²) in [5.41, 5.74) is 6.13. The summed E-state index contributed by atoms with van der Waals surface area (Å²) in [5.74, 6) is 0. The van der Waals surface area contributed by atoms with Crippen molar-refractivity contribution in [1.82, 2.24) is 0 Å². The first kappa shape index (κ1) is 6.68. The van der Waals surface area contributed by atoms with E-state index in [0.717, 1.165) is 10.4 Å². The Kier molecular flexibility index (Phi) is 1.38. The van der Waals surface area contributed by atoms with Gasteiger partial charge in [-0.3, -0.25) is 5.41 Å². The fraction of sp³-hybridized carbons (Fsp3) is 0. The molecule has 0 aliphatic carbocycles. The standard InChI is InChI=1S/C8H9N2/c1-5-3-6(2)8(10)4-7(5)9/h3-4,9H,1-2,10H2/q-1/p+1. The summed E-state index contributed by atoms with van der Waals surface area (Å²) < 4.78 is 0. The topological polar surface area (TPSA) is 51.6 Å². The van der Waals surface area contributed by atoms with Gasteiger partial charge in [0.25, 0.3) is 0 Å². The fourth-order valence-electron chi connectivity index (χ4n) is 0.730. The lowest BCUT2D eigenvalue weighted by Gasteiger charge is -1.95. The van der Waals surface area contributed by atoms with Gasteiger partial charge in [-0.2, -0.15) is 6.58 Å². The van der Waals surface area contributed by atoms with E-state index in [1.165, 1.54) is 0 Å². The third-order valence-corrected chi connectivity index (χ3v) is 1.40. The quantitative estimate of drug-likeness (QED) is 0.298. The van der Waals surface area contributed by atoms with Crippen molar-refractivity contribution in [3.05, 3.63) is 27.9 Å². The lowest BCUT2D eigenvalue weighted by Crippen LogP contribution is -2.53. The van der Waals surface area contributed by atoms with Crippen LogP contribution in [0.25, 0.3) is 13.2 Å². The highest BCUT2D eigenvalue weighted by molar-refractivity contribution is 5.40. The molecular formula is C8H10N2. The van der Waals surface area contributed by atoms with Gasteiger partial charge < -0.3 is 5.73 Å². The number of hydrogen-bond acceptors (Lipinski definition) is 1. The van der Waals surface area contributed by atoms with Crippen molar-refractivity contribution in [2.45, 2.75) is 0 Å². The van der Waals surface area contributed by atoms with Crippen molar-refractivity contribution >= 4 is 18.8 Å². The second kappa shape index (κ2) is 2.06. The molecule has 1 aromatic carbocycles. The Morgan fingerprint density at radius 1 is 1.40 bits per heavy atom. The molecule has 0 saturated carbocycles. The molecule has 2 nitrogen and oxygen atoms in total. The average Bonchev–Trinajstić information content (AvgIpc) is 1.84. The van der Waals surface area contributed by atoms with Gasteiger partial charge in [0.1, 0.15) is 5.36 Å². The van der Waals surface area contributed by atoms with Crippen LogP contribution in [0.5, 0.6) is 0 Å². The molecule has 52 valence electrons. The van der Waals surface area contributed by atoms with Crippen molar-refractivity contribution in [2.24, 2.45) is 0 Å². The van der Waals surface area contributed by atoms with Gasteiger partial charge in [0.15, 0.2) is 0 Å². The molecule has 0 aliphatic rings. The normalized spacial score (nSPS) is 9.60. The third-order valence-electron chi connectivity index (χ3n) is 1.40. The van der Waals surface area contributed by atoms with E-state index in [1.807, 2.05) is 0 Å². The van der Waals surface area contributed by atoms with Crippen LogP contribution < -0.4 is 26.9 Å². The van der Waals surface area contributed by atoms with Gasteiger partial charge in [-0.15, -0.1) is 17.9 Å². The molecule has 10 heavy (non-hydrogen) atoms. The van der Waals surface area contributed by atoms with E-state index in [1.54, 1.807) is 12.1 Å². The van der Waals surface area contributed by atoms with E-state index in [4.69, 9.17) is 11.1 Å². The first-order valence-corrected chi connectivity index (χ1v) is 2.94. The SMILES string of the molecule is C=c1[cH-]c(=C)c(=[NH2+])cc1N. The van der Waals surface area contributed by atoms with E-state index in [2.05, 4.69) is 13.2 Å². The van der Waals surface area contributed by atoms with Gasteiger partial charge >= 0.3 is 0 Å². The Morgan fingerprint density at radius 3 is 2.50 bits per heavy atom. The largest absolute Gasteiger partial charge is 0.429 e. The van der Waals surface area contributed by atoms with Crippen LogP contribution in [0.2, 0.25) is 0 Å². The van der Waals surface area contributed by atoms with E-state index in [0.29, 0.717) is 11.0 Å². The van der Waals surface area contributed by atoms with Crippen molar-refractivity contribution in [3.63, 3.8) is 0 Å². The Labute approximate surface area is 58.8 Å². The minimum atomic E-state index is 0.616. The molecule has 0 amide bonds. The zero-order chi connectivity index (χ0) is 7.72. The summed E-state index contributed by atoms with van der Waals surface area (Å²) in [4.78, 5) is 0. The van der Waals surface area contributed by atoms with Crippen LogP contribution in [0.4, 0.5) is 5.69 Å². The highest BCUT2D eigenvalue weighted by atomic mass is 14.5. The van der Waals surface area contributed by atoms with Crippen LogP contribution in [0.1, 0.15) is 0 Å². The van der Waals surface area contributed by atoms with Crippen LogP contribution in [0.3, 0.4) is 0 Å². The maximum Gasteiger partial charge on any atom is 0.134 e. The zero-order valence-electron chi connectivity index (χ0n) is 5.72. The lowest BCUT2D eigenvalue weighted by atomic mass is 10.2. The van der Waals surface area contributed by atoms with Crippen molar-refractivity contribution < 1.29 is 5.41 Å². The van der Waals surface area contributed by atoms with E-state index < -0.39 is 0 Å². The van der Waals surface area contributed by atoms with Crippen molar-refractivity contribution in [2.75, 3.05) is 5.73 Å². The molecule has 0 unspecified atom stereocenters. The van der Waals surface area contributed by atoms with E-state index in [-0.39, 0.29) is 0 Å². The number of hydrogen-bond donors (Lipinski definition) is 2. The summed E-state index contributed by atoms with van der Waals surface area (Å²) in [6.07, 6.45) is 0.